The average molecular weight is 396 g/mol. The summed E-state index contributed by atoms with van der Waals surface area (Å²) < 4.78 is 10.3. The number of ether oxygens (including phenoxy) is 2. The minimum Gasteiger partial charge on any atom is -0.493 e. The molecule has 2 aromatic rings. The van der Waals surface area contributed by atoms with Gasteiger partial charge in [0.25, 0.3) is 5.69 Å². The Labute approximate surface area is 161 Å². The monoisotopic (exact) mass is 395 g/mol. The Balaban J connectivity index is 2.00. The number of halogens is 1. The molecule has 0 aliphatic heterocycles. The zero-order chi connectivity index (χ0) is 19.1. The van der Waals surface area contributed by atoms with E-state index in [1.54, 1.807) is 30.3 Å². The second kappa shape index (κ2) is 9.21. The van der Waals surface area contributed by atoms with Crippen molar-refractivity contribution in [2.75, 3.05) is 26.1 Å². The van der Waals surface area contributed by atoms with E-state index in [0.29, 0.717) is 40.2 Å². The molecule has 2 rings (SSSR count). The molecule has 0 heterocycles. The molecule has 7 nitrogen and oxygen atoms in total. The number of methoxy groups -OCH3 is 2. The molecule has 0 radical (unpaired) electrons. The molecule has 26 heavy (non-hydrogen) atoms. The quantitative estimate of drug-likeness (QED) is 0.419. The zero-order valence-electron chi connectivity index (χ0n) is 14.2. The number of nitro groups is 1. The van der Waals surface area contributed by atoms with Crippen LogP contribution in [0.5, 0.6) is 11.5 Å². The molecule has 9 heteroatoms. The highest BCUT2D eigenvalue weighted by molar-refractivity contribution is 7.80. The van der Waals surface area contributed by atoms with E-state index in [-0.39, 0.29) is 5.69 Å². The van der Waals surface area contributed by atoms with Crippen LogP contribution >= 0.6 is 23.8 Å². The fraction of sp³-hybridized carbons (Fsp3) is 0.235. The lowest BCUT2D eigenvalue weighted by atomic mass is 10.1. The van der Waals surface area contributed by atoms with E-state index in [1.807, 2.05) is 0 Å². The summed E-state index contributed by atoms with van der Waals surface area (Å²) in [7, 11) is 2.92. The smallest absolute Gasteiger partial charge is 0.276 e. The SMILES string of the molecule is COc1cc(CCNC(=S)Nc2ccc(Cl)cc2)c([N+](=O)[O-])cc1OC. The Bertz CT molecular complexity index is 799. The van der Waals surface area contributed by atoms with E-state index < -0.39 is 4.92 Å². The Hall–Kier alpha value is -2.58. The first-order valence-corrected chi connectivity index (χ1v) is 8.43. The van der Waals surface area contributed by atoms with Gasteiger partial charge >= 0.3 is 0 Å². The van der Waals surface area contributed by atoms with Gasteiger partial charge in [0.05, 0.1) is 25.2 Å². The molecule has 0 bridgehead atoms. The molecule has 0 fully saturated rings. The van der Waals surface area contributed by atoms with Gasteiger partial charge in [0, 0.05) is 22.8 Å². The third-order valence-electron chi connectivity index (χ3n) is 3.56. The number of hydrogen-bond donors (Lipinski definition) is 2. The van der Waals surface area contributed by atoms with Crippen LogP contribution in [0, 0.1) is 10.1 Å². The maximum Gasteiger partial charge on any atom is 0.276 e. The highest BCUT2D eigenvalue weighted by Crippen LogP contribution is 2.34. The highest BCUT2D eigenvalue weighted by Gasteiger charge is 2.19. The van der Waals surface area contributed by atoms with E-state index in [2.05, 4.69) is 10.6 Å². The van der Waals surface area contributed by atoms with Crippen LogP contribution in [0.3, 0.4) is 0 Å². The van der Waals surface area contributed by atoms with Crippen LogP contribution in [-0.2, 0) is 6.42 Å². The molecule has 2 N–H and O–H groups in total. The minimum absolute atomic E-state index is 0.0268. The summed E-state index contributed by atoms with van der Waals surface area (Å²) in [5.41, 5.74) is 1.29. The maximum absolute atomic E-state index is 11.3. The van der Waals surface area contributed by atoms with E-state index >= 15 is 0 Å². The summed E-state index contributed by atoms with van der Waals surface area (Å²) in [6, 6.07) is 10.1. The standard InChI is InChI=1S/C17H18ClN3O4S/c1-24-15-9-11(14(21(22)23)10-16(15)25-2)7-8-19-17(26)20-13-5-3-12(18)4-6-13/h3-6,9-10H,7-8H2,1-2H3,(H2,19,20,26). The van der Waals surface area contributed by atoms with Crippen molar-refractivity contribution in [2.45, 2.75) is 6.42 Å². The van der Waals surface area contributed by atoms with Crippen molar-refractivity contribution in [1.82, 2.24) is 5.32 Å². The zero-order valence-corrected chi connectivity index (χ0v) is 15.8. The molecule has 0 aromatic heterocycles. The summed E-state index contributed by atoms with van der Waals surface area (Å²) in [5.74, 6) is 0.755. The van der Waals surface area contributed by atoms with E-state index in [4.69, 9.17) is 33.3 Å². The molecule has 0 saturated carbocycles. The van der Waals surface area contributed by atoms with Gasteiger partial charge in [-0.3, -0.25) is 10.1 Å². The van der Waals surface area contributed by atoms with E-state index in [0.717, 1.165) is 5.69 Å². The Morgan fingerprint density at radius 3 is 2.38 bits per heavy atom. The minimum atomic E-state index is -0.443. The first-order valence-electron chi connectivity index (χ1n) is 7.64. The molecule has 0 atom stereocenters. The number of nitro benzene ring substituents is 1. The van der Waals surface area contributed by atoms with Crippen molar-refractivity contribution in [2.24, 2.45) is 0 Å². The molecule has 0 saturated heterocycles. The number of nitrogens with one attached hydrogen (secondary N) is 2. The van der Waals surface area contributed by atoms with Crippen molar-refractivity contribution >= 4 is 40.3 Å². The summed E-state index contributed by atoms with van der Waals surface area (Å²) in [6.07, 6.45) is 0.388. The van der Waals surface area contributed by atoms with Gasteiger partial charge in [-0.25, -0.2) is 0 Å². The van der Waals surface area contributed by atoms with Gasteiger partial charge < -0.3 is 20.1 Å². The largest absolute Gasteiger partial charge is 0.493 e. The van der Waals surface area contributed by atoms with Gasteiger partial charge in [-0.2, -0.15) is 0 Å². The van der Waals surface area contributed by atoms with Crippen molar-refractivity contribution in [3.63, 3.8) is 0 Å². The molecular formula is C17H18ClN3O4S. The summed E-state index contributed by atoms with van der Waals surface area (Å²) in [4.78, 5) is 10.9. The van der Waals surface area contributed by atoms with Crippen LogP contribution in [0.15, 0.2) is 36.4 Å². The van der Waals surface area contributed by atoms with Gasteiger partial charge in [0.15, 0.2) is 16.6 Å². The predicted molar refractivity (Wildman–Crippen MR) is 106 cm³/mol. The Morgan fingerprint density at radius 1 is 1.19 bits per heavy atom. The summed E-state index contributed by atoms with van der Waals surface area (Å²) in [5, 5.41) is 18.4. The molecule has 0 amide bonds. The van der Waals surface area contributed by atoms with Crippen LogP contribution in [0.25, 0.3) is 0 Å². The lowest BCUT2D eigenvalue weighted by Gasteiger charge is -2.12. The molecule has 0 spiro atoms. The third kappa shape index (κ3) is 5.21. The first kappa shape index (κ1) is 19.7. The first-order chi connectivity index (χ1) is 12.4. The van der Waals surface area contributed by atoms with Gasteiger partial charge in [-0.05, 0) is 49.0 Å². The number of anilines is 1. The second-order valence-electron chi connectivity index (χ2n) is 5.23. The molecule has 138 valence electrons. The molecular weight excluding hydrogens is 378 g/mol. The van der Waals surface area contributed by atoms with Crippen molar-refractivity contribution < 1.29 is 14.4 Å². The maximum atomic E-state index is 11.3. The van der Waals surface area contributed by atoms with Crippen LogP contribution in [0.2, 0.25) is 5.02 Å². The van der Waals surface area contributed by atoms with Crippen molar-refractivity contribution in [3.05, 3.63) is 57.1 Å². The second-order valence-corrected chi connectivity index (χ2v) is 6.08. The lowest BCUT2D eigenvalue weighted by molar-refractivity contribution is -0.385. The fourth-order valence-corrected chi connectivity index (χ4v) is 2.65. The fourth-order valence-electron chi connectivity index (χ4n) is 2.30. The van der Waals surface area contributed by atoms with Crippen LogP contribution < -0.4 is 20.1 Å². The van der Waals surface area contributed by atoms with E-state index in [9.17, 15) is 10.1 Å². The van der Waals surface area contributed by atoms with Gasteiger partial charge in [0.1, 0.15) is 0 Å². The number of hydrogen-bond acceptors (Lipinski definition) is 5. The topological polar surface area (TPSA) is 85.7 Å². The summed E-state index contributed by atoms with van der Waals surface area (Å²) in [6.45, 7) is 0.412. The molecule has 2 aromatic carbocycles. The molecule has 0 unspecified atom stereocenters. The highest BCUT2D eigenvalue weighted by atomic mass is 35.5. The number of benzene rings is 2. The third-order valence-corrected chi connectivity index (χ3v) is 4.06. The van der Waals surface area contributed by atoms with Crippen LogP contribution in [0.4, 0.5) is 11.4 Å². The van der Waals surface area contributed by atoms with Crippen LogP contribution in [-0.4, -0.2) is 30.8 Å². The number of rotatable bonds is 7. The van der Waals surface area contributed by atoms with Crippen LogP contribution in [0.1, 0.15) is 5.56 Å². The average Bonchev–Trinajstić information content (AvgIpc) is 2.62. The lowest BCUT2D eigenvalue weighted by Crippen LogP contribution is -2.30. The number of nitrogens with zero attached hydrogens (tertiary/aromatic N) is 1. The molecule has 0 aliphatic rings. The van der Waals surface area contributed by atoms with E-state index in [1.165, 1.54) is 20.3 Å². The predicted octanol–water partition coefficient (Wildman–Crippen LogP) is 3.79. The van der Waals surface area contributed by atoms with Crippen molar-refractivity contribution in [3.8, 4) is 11.5 Å². The number of thiocarbonyl (C=S) groups is 1. The normalized spacial score (nSPS) is 10.1. The van der Waals surface area contributed by atoms with Crippen molar-refractivity contribution in [1.29, 1.82) is 0 Å². The van der Waals surface area contributed by atoms with Gasteiger partial charge in [-0.15, -0.1) is 0 Å². The Morgan fingerprint density at radius 2 is 1.81 bits per heavy atom. The van der Waals surface area contributed by atoms with Gasteiger partial charge in [-0.1, -0.05) is 11.6 Å². The van der Waals surface area contributed by atoms with Gasteiger partial charge in [0.2, 0.25) is 0 Å². The Kier molecular flexibility index (Phi) is 6.99. The summed E-state index contributed by atoms with van der Waals surface area (Å²) >= 11 is 11.1. The molecule has 0 aliphatic carbocycles.